The van der Waals surface area contributed by atoms with Crippen molar-refractivity contribution < 1.29 is 0 Å². The van der Waals surface area contributed by atoms with Gasteiger partial charge in [0, 0.05) is 37.4 Å². The Hall–Kier alpha value is -1.87. The van der Waals surface area contributed by atoms with Crippen LogP contribution in [0, 0.1) is 0 Å². The Kier molecular flexibility index (Phi) is 4.51. The lowest BCUT2D eigenvalue weighted by molar-refractivity contribution is 0.710. The first kappa shape index (κ1) is 14.1. The van der Waals surface area contributed by atoms with E-state index >= 15 is 0 Å². The summed E-state index contributed by atoms with van der Waals surface area (Å²) in [5.41, 5.74) is 3.88. The molecule has 1 unspecified atom stereocenters. The van der Waals surface area contributed by atoms with E-state index in [1.807, 2.05) is 6.20 Å². The number of rotatable bonds is 5. The minimum absolute atomic E-state index is 0.650. The van der Waals surface area contributed by atoms with E-state index in [0.29, 0.717) is 5.92 Å². The molecular formula is C18H23N3. The number of pyridine rings is 1. The second-order valence-electron chi connectivity index (χ2n) is 5.63. The first-order valence-electron chi connectivity index (χ1n) is 7.82. The Morgan fingerprint density at radius 2 is 2.10 bits per heavy atom. The van der Waals surface area contributed by atoms with Crippen LogP contribution in [0.2, 0.25) is 0 Å². The lowest BCUT2D eigenvalue weighted by Gasteiger charge is -2.19. The molecule has 1 N–H and O–H groups in total. The van der Waals surface area contributed by atoms with E-state index in [4.69, 9.17) is 0 Å². The van der Waals surface area contributed by atoms with Crippen molar-refractivity contribution in [3.8, 4) is 0 Å². The van der Waals surface area contributed by atoms with Crippen molar-refractivity contribution in [2.75, 3.05) is 24.5 Å². The van der Waals surface area contributed by atoms with Gasteiger partial charge < -0.3 is 10.2 Å². The third-order valence-corrected chi connectivity index (χ3v) is 4.18. The largest absolute Gasteiger partial charge is 0.371 e. The highest BCUT2D eigenvalue weighted by Gasteiger charge is 2.23. The first-order chi connectivity index (χ1) is 10.4. The molecule has 1 aliphatic rings. The summed E-state index contributed by atoms with van der Waals surface area (Å²) in [7, 11) is 0. The van der Waals surface area contributed by atoms with E-state index in [2.05, 4.69) is 64.6 Å². The Morgan fingerprint density at radius 1 is 1.24 bits per heavy atom. The Morgan fingerprint density at radius 3 is 2.90 bits per heavy atom. The van der Waals surface area contributed by atoms with Gasteiger partial charge in [0.15, 0.2) is 0 Å². The minimum atomic E-state index is 0.650. The molecule has 0 amide bonds. The summed E-state index contributed by atoms with van der Waals surface area (Å²) in [5.74, 6) is 0.650. The molecule has 0 aliphatic carbocycles. The topological polar surface area (TPSA) is 28.2 Å². The molecule has 110 valence electrons. The van der Waals surface area contributed by atoms with Crippen LogP contribution in [0.4, 0.5) is 5.69 Å². The van der Waals surface area contributed by atoms with Gasteiger partial charge in [-0.2, -0.15) is 0 Å². The highest BCUT2D eigenvalue weighted by molar-refractivity contribution is 5.48. The highest BCUT2D eigenvalue weighted by atomic mass is 15.2. The second kappa shape index (κ2) is 6.72. The summed E-state index contributed by atoms with van der Waals surface area (Å²) in [4.78, 5) is 6.92. The Bertz CT molecular complexity index is 568. The molecule has 1 aliphatic heterocycles. The predicted octanol–water partition coefficient (Wildman–Crippen LogP) is 3.19. The fourth-order valence-corrected chi connectivity index (χ4v) is 3.00. The molecule has 1 aromatic heterocycles. The molecular weight excluding hydrogens is 258 g/mol. The van der Waals surface area contributed by atoms with Crippen molar-refractivity contribution in [3.05, 3.63) is 59.9 Å². The van der Waals surface area contributed by atoms with Gasteiger partial charge in [-0.05, 0) is 30.7 Å². The summed E-state index contributed by atoms with van der Waals surface area (Å²) < 4.78 is 0. The molecule has 3 nitrogen and oxygen atoms in total. The minimum Gasteiger partial charge on any atom is -0.371 e. The number of hydrogen-bond acceptors (Lipinski definition) is 3. The lowest BCUT2D eigenvalue weighted by Crippen LogP contribution is -2.20. The quantitative estimate of drug-likeness (QED) is 0.912. The molecule has 0 spiro atoms. The van der Waals surface area contributed by atoms with Gasteiger partial charge in [0.05, 0.1) is 5.69 Å². The van der Waals surface area contributed by atoms with Crippen LogP contribution in [0.5, 0.6) is 0 Å². The molecule has 21 heavy (non-hydrogen) atoms. The number of nitrogens with zero attached hydrogens (tertiary/aromatic N) is 2. The zero-order valence-electron chi connectivity index (χ0n) is 12.6. The Labute approximate surface area is 127 Å². The van der Waals surface area contributed by atoms with Crippen molar-refractivity contribution in [2.24, 2.45) is 0 Å². The smallest absolute Gasteiger partial charge is 0.0562 e. The lowest BCUT2D eigenvalue weighted by atomic mass is 9.99. The molecule has 2 heterocycles. The average Bonchev–Trinajstić information content (AvgIpc) is 3.04. The molecule has 1 atom stereocenters. The summed E-state index contributed by atoms with van der Waals surface area (Å²) in [6.45, 7) is 6.18. The standard InChI is InChI=1S/C18H23N3/c1-2-19-13-17-12-18(8-10-20-17)21-11-9-16(14-21)15-6-4-3-5-7-15/h3-8,10,12,16,19H,2,9,11,13-14H2,1H3. The van der Waals surface area contributed by atoms with Crippen molar-refractivity contribution >= 4 is 5.69 Å². The molecule has 0 radical (unpaired) electrons. The van der Waals surface area contributed by atoms with Crippen LogP contribution in [-0.4, -0.2) is 24.6 Å². The van der Waals surface area contributed by atoms with E-state index in [9.17, 15) is 0 Å². The normalized spacial score (nSPS) is 18.1. The summed E-state index contributed by atoms with van der Waals surface area (Å²) in [6.07, 6.45) is 3.16. The van der Waals surface area contributed by atoms with Crippen LogP contribution in [0.3, 0.4) is 0 Å². The highest BCUT2D eigenvalue weighted by Crippen LogP contribution is 2.30. The van der Waals surface area contributed by atoms with Gasteiger partial charge in [-0.25, -0.2) is 0 Å². The van der Waals surface area contributed by atoms with Gasteiger partial charge in [-0.3, -0.25) is 4.98 Å². The summed E-state index contributed by atoms with van der Waals surface area (Å²) in [6, 6.07) is 15.2. The zero-order chi connectivity index (χ0) is 14.5. The van der Waals surface area contributed by atoms with Crippen LogP contribution < -0.4 is 10.2 Å². The third-order valence-electron chi connectivity index (χ3n) is 4.18. The van der Waals surface area contributed by atoms with Crippen molar-refractivity contribution in [2.45, 2.75) is 25.8 Å². The molecule has 1 fully saturated rings. The van der Waals surface area contributed by atoms with E-state index in [1.54, 1.807) is 0 Å². The van der Waals surface area contributed by atoms with Crippen LogP contribution in [0.1, 0.15) is 30.5 Å². The number of aromatic nitrogens is 1. The fourth-order valence-electron chi connectivity index (χ4n) is 3.00. The van der Waals surface area contributed by atoms with Crippen molar-refractivity contribution in [3.63, 3.8) is 0 Å². The molecule has 1 saturated heterocycles. The van der Waals surface area contributed by atoms with Crippen molar-refractivity contribution in [1.82, 2.24) is 10.3 Å². The van der Waals surface area contributed by atoms with Gasteiger partial charge in [0.1, 0.15) is 0 Å². The zero-order valence-corrected chi connectivity index (χ0v) is 12.6. The van der Waals surface area contributed by atoms with Crippen LogP contribution >= 0.6 is 0 Å². The maximum Gasteiger partial charge on any atom is 0.0562 e. The van der Waals surface area contributed by atoms with E-state index in [0.717, 1.165) is 31.9 Å². The summed E-state index contributed by atoms with van der Waals surface area (Å²) >= 11 is 0. The van der Waals surface area contributed by atoms with Crippen LogP contribution in [-0.2, 0) is 6.54 Å². The number of hydrogen-bond donors (Lipinski definition) is 1. The van der Waals surface area contributed by atoms with Gasteiger partial charge in [-0.15, -0.1) is 0 Å². The molecule has 3 heteroatoms. The van der Waals surface area contributed by atoms with Gasteiger partial charge in [0.2, 0.25) is 0 Å². The SMILES string of the molecule is CCNCc1cc(N2CCC(c3ccccc3)C2)ccn1. The Balaban J connectivity index is 1.68. The van der Waals surface area contributed by atoms with Gasteiger partial charge >= 0.3 is 0 Å². The van der Waals surface area contributed by atoms with Crippen LogP contribution in [0.15, 0.2) is 48.7 Å². The number of benzene rings is 1. The molecule has 0 saturated carbocycles. The molecule has 3 rings (SSSR count). The third kappa shape index (κ3) is 3.42. The average molecular weight is 281 g/mol. The first-order valence-corrected chi connectivity index (χ1v) is 7.82. The van der Waals surface area contributed by atoms with E-state index in [-0.39, 0.29) is 0 Å². The van der Waals surface area contributed by atoms with Crippen LogP contribution in [0.25, 0.3) is 0 Å². The predicted molar refractivity (Wildman–Crippen MR) is 87.6 cm³/mol. The van der Waals surface area contributed by atoms with Gasteiger partial charge in [0.25, 0.3) is 0 Å². The second-order valence-corrected chi connectivity index (χ2v) is 5.63. The molecule has 0 bridgehead atoms. The monoisotopic (exact) mass is 281 g/mol. The summed E-state index contributed by atoms with van der Waals surface area (Å²) in [5, 5.41) is 3.34. The number of anilines is 1. The van der Waals surface area contributed by atoms with E-state index < -0.39 is 0 Å². The molecule has 2 aromatic rings. The maximum absolute atomic E-state index is 4.44. The fraction of sp³-hybridized carbons (Fsp3) is 0.389. The van der Waals surface area contributed by atoms with E-state index in [1.165, 1.54) is 17.7 Å². The molecule has 1 aromatic carbocycles. The van der Waals surface area contributed by atoms with Crippen molar-refractivity contribution in [1.29, 1.82) is 0 Å². The van der Waals surface area contributed by atoms with Gasteiger partial charge in [-0.1, -0.05) is 37.3 Å². The maximum atomic E-state index is 4.44. The number of nitrogens with one attached hydrogen (secondary N) is 1.